The van der Waals surface area contributed by atoms with Gasteiger partial charge in [-0.25, -0.2) is 4.79 Å². The van der Waals surface area contributed by atoms with Gasteiger partial charge >= 0.3 is 5.97 Å². The van der Waals surface area contributed by atoms with E-state index in [1.807, 2.05) is 117 Å². The smallest absolute Gasteiger partial charge is 0.326 e. The maximum absolute atomic E-state index is 14.4. The van der Waals surface area contributed by atoms with Crippen LogP contribution in [0.2, 0.25) is 0 Å². The van der Waals surface area contributed by atoms with E-state index in [0.717, 1.165) is 27.6 Å². The van der Waals surface area contributed by atoms with E-state index in [1.54, 1.807) is 6.07 Å². The summed E-state index contributed by atoms with van der Waals surface area (Å²) in [6.45, 7) is 3.85. The number of carboxylic acids is 1. The Bertz CT molecular complexity index is 1540. The van der Waals surface area contributed by atoms with Gasteiger partial charge in [-0.05, 0) is 48.7 Å². The Morgan fingerprint density at radius 3 is 2.13 bits per heavy atom. The Balaban J connectivity index is 1.73. The predicted molar refractivity (Wildman–Crippen MR) is 148 cm³/mol. The average molecular weight is 504 g/mol. The first kappa shape index (κ1) is 25.0. The highest BCUT2D eigenvalue weighted by Gasteiger charge is 2.39. The van der Waals surface area contributed by atoms with Crippen molar-refractivity contribution in [1.29, 1.82) is 0 Å². The van der Waals surface area contributed by atoms with Gasteiger partial charge in [0.15, 0.2) is 0 Å². The van der Waals surface area contributed by atoms with Crippen LogP contribution in [0.5, 0.6) is 0 Å². The van der Waals surface area contributed by atoms with E-state index in [1.165, 1.54) is 4.90 Å². The number of aryl methyl sites for hydroxylation is 2. The topological polar surface area (TPSA) is 70.8 Å². The van der Waals surface area contributed by atoms with Gasteiger partial charge in [0.25, 0.3) is 5.91 Å². The molecule has 0 bridgehead atoms. The van der Waals surface area contributed by atoms with Gasteiger partial charge in [0.2, 0.25) is 0 Å². The van der Waals surface area contributed by atoms with Crippen molar-refractivity contribution in [2.75, 3.05) is 0 Å². The number of nitrogens with zero attached hydrogens (tertiary/aromatic N) is 1. The zero-order valence-electron chi connectivity index (χ0n) is 21.4. The average Bonchev–Trinajstić information content (AvgIpc) is 3.35. The molecule has 0 aliphatic rings. The Morgan fingerprint density at radius 2 is 1.47 bits per heavy atom. The molecule has 2 atom stereocenters. The van der Waals surface area contributed by atoms with Crippen molar-refractivity contribution in [3.8, 4) is 0 Å². The van der Waals surface area contributed by atoms with Gasteiger partial charge in [-0.3, -0.25) is 4.79 Å². The lowest BCUT2D eigenvalue weighted by molar-refractivity contribution is -0.143. The van der Waals surface area contributed by atoms with Crippen molar-refractivity contribution in [3.05, 3.63) is 143 Å². The molecule has 38 heavy (non-hydrogen) atoms. The highest BCUT2D eigenvalue weighted by Crippen LogP contribution is 2.36. The van der Waals surface area contributed by atoms with Crippen molar-refractivity contribution in [1.82, 2.24) is 4.90 Å². The molecule has 0 saturated heterocycles. The van der Waals surface area contributed by atoms with Crippen LogP contribution in [0.3, 0.4) is 0 Å². The fourth-order valence-electron chi connectivity index (χ4n) is 5.01. The van der Waals surface area contributed by atoms with Crippen molar-refractivity contribution < 1.29 is 19.1 Å². The number of benzene rings is 4. The zero-order valence-corrected chi connectivity index (χ0v) is 21.4. The molecule has 5 rings (SSSR count). The van der Waals surface area contributed by atoms with E-state index >= 15 is 0 Å². The van der Waals surface area contributed by atoms with Crippen molar-refractivity contribution in [2.45, 2.75) is 32.4 Å². The molecule has 0 saturated carbocycles. The molecule has 0 fully saturated rings. The fraction of sp³-hybridized carbons (Fsp3) is 0.152. The number of hydrogen-bond donors (Lipinski definition) is 1. The van der Waals surface area contributed by atoms with E-state index in [-0.39, 0.29) is 12.3 Å². The third-order valence-electron chi connectivity index (χ3n) is 6.85. The summed E-state index contributed by atoms with van der Waals surface area (Å²) in [5.74, 6) is -0.932. The summed E-state index contributed by atoms with van der Waals surface area (Å²) in [4.78, 5) is 28.9. The highest BCUT2D eigenvalue weighted by molar-refractivity contribution is 5.98. The second kappa shape index (κ2) is 10.8. The van der Waals surface area contributed by atoms with E-state index in [0.29, 0.717) is 16.9 Å². The SMILES string of the molecule is Cc1ccc(C(=O)N(C(c2ccccc2)c2cc3ccccc3o2)[C@@H](Cc2ccccc2)C(=O)O)c(C)c1. The summed E-state index contributed by atoms with van der Waals surface area (Å²) in [6.07, 6.45) is 0.149. The van der Waals surface area contributed by atoms with Crippen LogP contribution in [0.25, 0.3) is 11.0 Å². The molecule has 4 aromatic carbocycles. The molecule has 5 aromatic rings. The number of rotatable bonds is 8. The Morgan fingerprint density at radius 1 is 0.816 bits per heavy atom. The lowest BCUT2D eigenvalue weighted by atomic mass is 9.95. The molecular formula is C33H29NO4. The molecule has 5 nitrogen and oxygen atoms in total. The van der Waals surface area contributed by atoms with Gasteiger partial charge < -0.3 is 14.4 Å². The molecule has 0 spiro atoms. The maximum atomic E-state index is 14.4. The predicted octanol–water partition coefficient (Wildman–Crippen LogP) is 6.98. The van der Waals surface area contributed by atoms with Gasteiger partial charge in [-0.2, -0.15) is 0 Å². The first-order valence-electron chi connectivity index (χ1n) is 12.6. The standard InChI is InChI=1S/C33H29NO4/c1-22-17-18-27(23(2)19-22)32(35)34(28(33(36)37)20-24-11-5-3-6-12-24)31(25-13-7-4-8-14-25)30-21-26-15-9-10-16-29(26)38-30/h3-19,21,28,31H,20H2,1-2H3,(H,36,37)/t28-,31?/m0/s1. The normalized spacial score (nSPS) is 12.7. The number of para-hydroxylation sites is 1. The number of hydrogen-bond acceptors (Lipinski definition) is 3. The molecule has 190 valence electrons. The van der Waals surface area contributed by atoms with E-state index < -0.39 is 18.1 Å². The number of fused-ring (bicyclic) bond motifs is 1. The summed E-state index contributed by atoms with van der Waals surface area (Å²) >= 11 is 0. The minimum absolute atomic E-state index is 0.149. The second-order valence-electron chi connectivity index (χ2n) is 9.57. The Kier molecular flexibility index (Phi) is 7.09. The van der Waals surface area contributed by atoms with E-state index in [4.69, 9.17) is 4.42 Å². The van der Waals surface area contributed by atoms with Gasteiger partial charge in [0.1, 0.15) is 23.4 Å². The minimum Gasteiger partial charge on any atom is -0.480 e. The number of amides is 1. The first-order valence-corrected chi connectivity index (χ1v) is 12.6. The van der Waals surface area contributed by atoms with Crippen LogP contribution in [-0.2, 0) is 11.2 Å². The number of carboxylic acid groups (broad SMARTS) is 1. The number of carbonyl (C=O) groups is 2. The molecular weight excluding hydrogens is 474 g/mol. The molecule has 1 amide bonds. The highest BCUT2D eigenvalue weighted by atomic mass is 16.4. The summed E-state index contributed by atoms with van der Waals surface area (Å²) in [5, 5.41) is 11.5. The van der Waals surface area contributed by atoms with Gasteiger partial charge in [0.05, 0.1) is 0 Å². The summed E-state index contributed by atoms with van der Waals surface area (Å²) in [7, 11) is 0. The van der Waals surface area contributed by atoms with Crippen LogP contribution in [0.4, 0.5) is 0 Å². The van der Waals surface area contributed by atoms with E-state index in [2.05, 4.69) is 0 Å². The van der Waals surface area contributed by atoms with Gasteiger partial charge in [0, 0.05) is 17.4 Å². The second-order valence-corrected chi connectivity index (χ2v) is 9.57. The molecule has 5 heteroatoms. The quantitative estimate of drug-likeness (QED) is 0.248. The molecule has 1 heterocycles. The number of furan rings is 1. The van der Waals surface area contributed by atoms with Crippen molar-refractivity contribution >= 4 is 22.8 Å². The third-order valence-corrected chi connectivity index (χ3v) is 6.85. The minimum atomic E-state index is -1.15. The van der Waals surface area contributed by atoms with Gasteiger partial charge in [-0.15, -0.1) is 0 Å². The number of aliphatic carboxylic acids is 1. The molecule has 0 aliphatic heterocycles. The lowest BCUT2D eigenvalue weighted by Crippen LogP contribution is -2.48. The lowest BCUT2D eigenvalue weighted by Gasteiger charge is -2.36. The van der Waals surface area contributed by atoms with E-state index in [9.17, 15) is 14.7 Å². The van der Waals surface area contributed by atoms with Crippen LogP contribution < -0.4 is 0 Å². The molecule has 0 aliphatic carbocycles. The maximum Gasteiger partial charge on any atom is 0.326 e. The Hall–Kier alpha value is -4.64. The summed E-state index contributed by atoms with van der Waals surface area (Å²) in [6, 6.07) is 32.1. The van der Waals surface area contributed by atoms with Crippen LogP contribution in [0.15, 0.2) is 114 Å². The third kappa shape index (κ3) is 5.09. The first-order chi connectivity index (χ1) is 18.4. The molecule has 1 N–H and O–H groups in total. The number of carbonyl (C=O) groups excluding carboxylic acids is 1. The van der Waals surface area contributed by atoms with Crippen LogP contribution in [0.1, 0.15) is 44.4 Å². The van der Waals surface area contributed by atoms with Crippen LogP contribution in [0, 0.1) is 13.8 Å². The largest absolute Gasteiger partial charge is 0.480 e. The summed E-state index contributed by atoms with van der Waals surface area (Å²) < 4.78 is 6.29. The van der Waals surface area contributed by atoms with Crippen LogP contribution in [-0.4, -0.2) is 27.9 Å². The van der Waals surface area contributed by atoms with Crippen molar-refractivity contribution in [2.24, 2.45) is 0 Å². The Labute approximate surface area is 222 Å². The monoisotopic (exact) mass is 503 g/mol. The fourth-order valence-corrected chi connectivity index (χ4v) is 5.01. The van der Waals surface area contributed by atoms with Crippen molar-refractivity contribution in [3.63, 3.8) is 0 Å². The molecule has 0 radical (unpaired) electrons. The summed E-state index contributed by atoms with van der Waals surface area (Å²) in [5.41, 5.74) is 4.56. The molecule has 1 aromatic heterocycles. The zero-order chi connectivity index (χ0) is 26.6. The molecule has 1 unspecified atom stereocenters. The van der Waals surface area contributed by atoms with Crippen LogP contribution >= 0.6 is 0 Å². The van der Waals surface area contributed by atoms with Gasteiger partial charge in [-0.1, -0.05) is 96.6 Å².